The first-order valence-electron chi connectivity index (χ1n) is 5.02. The Morgan fingerprint density at radius 3 is 2.53 bits per heavy atom. The number of aromatic nitrogens is 1. The third-order valence-corrected chi connectivity index (χ3v) is 1.57. The van der Waals surface area contributed by atoms with Gasteiger partial charge in [-0.2, -0.15) is 0 Å². The minimum atomic E-state index is 0.665. The van der Waals surface area contributed by atoms with Crippen molar-refractivity contribution in [3.05, 3.63) is 49.3 Å². The molecule has 0 saturated heterocycles. The fourth-order valence-corrected chi connectivity index (χ4v) is 0.849. The van der Waals surface area contributed by atoms with Gasteiger partial charge in [-0.3, -0.25) is 9.98 Å². The van der Waals surface area contributed by atoms with Crippen molar-refractivity contribution in [3.8, 4) is 0 Å². The van der Waals surface area contributed by atoms with Crippen molar-refractivity contribution in [1.29, 1.82) is 0 Å². The number of rotatable bonds is 3. The van der Waals surface area contributed by atoms with Gasteiger partial charge in [0.05, 0.1) is 11.4 Å². The van der Waals surface area contributed by atoms with Gasteiger partial charge in [0.15, 0.2) is 0 Å². The zero-order chi connectivity index (χ0) is 11.7. The molecular weight excluding hydrogens is 184 g/mol. The first kappa shape index (κ1) is 13.3. The molecule has 0 atom stereocenters. The number of nitrogens with zero attached hydrogens (tertiary/aromatic N) is 2. The maximum Gasteiger partial charge on any atom is 0.0880 e. The minimum Gasteiger partial charge on any atom is -0.255 e. The van der Waals surface area contributed by atoms with Crippen molar-refractivity contribution >= 4 is 11.4 Å². The van der Waals surface area contributed by atoms with Gasteiger partial charge in [-0.25, -0.2) is 0 Å². The van der Waals surface area contributed by atoms with Crippen LogP contribution in [0.2, 0.25) is 0 Å². The normalized spacial score (nSPS) is 9.93. The summed E-state index contributed by atoms with van der Waals surface area (Å²) in [6, 6.07) is 5.65. The Morgan fingerprint density at radius 2 is 2.07 bits per heavy atom. The summed E-state index contributed by atoms with van der Waals surface area (Å²) < 4.78 is 0. The minimum absolute atomic E-state index is 0.665. The summed E-state index contributed by atoms with van der Waals surface area (Å²) in [5.41, 5.74) is 2.30. The Kier molecular flexibility index (Phi) is 6.81. The van der Waals surface area contributed by atoms with Crippen LogP contribution in [0.5, 0.6) is 0 Å². The Morgan fingerprint density at radius 1 is 1.40 bits per heavy atom. The number of hydrogen-bond donors (Lipinski definition) is 0. The molecular formula is C13H18N2. The van der Waals surface area contributed by atoms with Crippen LogP contribution in [0.15, 0.2) is 48.6 Å². The molecule has 1 rings (SSSR count). The van der Waals surface area contributed by atoms with E-state index in [2.05, 4.69) is 23.1 Å². The fraction of sp³-hybridized carbons (Fsp3) is 0.231. The Labute approximate surface area is 92.1 Å². The van der Waals surface area contributed by atoms with Crippen LogP contribution in [0, 0.1) is 0 Å². The second-order valence-electron chi connectivity index (χ2n) is 2.62. The molecule has 0 N–H and O–H groups in total. The van der Waals surface area contributed by atoms with E-state index in [0.29, 0.717) is 5.70 Å². The van der Waals surface area contributed by atoms with Gasteiger partial charge in [-0.15, -0.1) is 0 Å². The smallest absolute Gasteiger partial charge is 0.0880 e. The molecule has 0 aromatic carbocycles. The molecule has 2 heteroatoms. The summed E-state index contributed by atoms with van der Waals surface area (Å²) in [6.45, 7) is 13.3. The Hall–Kier alpha value is -1.70. The number of allylic oxidation sites excluding steroid dienone is 1. The number of hydrogen-bond acceptors (Lipinski definition) is 2. The van der Waals surface area contributed by atoms with Gasteiger partial charge >= 0.3 is 0 Å². The van der Waals surface area contributed by atoms with E-state index in [-0.39, 0.29) is 0 Å². The van der Waals surface area contributed by atoms with Gasteiger partial charge in [-0.1, -0.05) is 33.1 Å². The molecule has 0 spiro atoms. The van der Waals surface area contributed by atoms with Crippen molar-refractivity contribution in [1.82, 2.24) is 4.98 Å². The zero-order valence-corrected chi connectivity index (χ0v) is 9.70. The molecule has 1 aromatic heterocycles. The summed E-state index contributed by atoms with van der Waals surface area (Å²) in [7, 11) is 0. The molecule has 0 amide bonds. The van der Waals surface area contributed by atoms with Gasteiger partial charge in [0.2, 0.25) is 0 Å². The summed E-state index contributed by atoms with van der Waals surface area (Å²) in [5.74, 6) is 0. The molecule has 0 unspecified atom stereocenters. The van der Waals surface area contributed by atoms with Crippen LogP contribution in [0.3, 0.4) is 0 Å². The van der Waals surface area contributed by atoms with E-state index in [1.54, 1.807) is 12.3 Å². The average Bonchev–Trinajstić information content (AvgIpc) is 2.32. The first-order chi connectivity index (χ1) is 7.24. The van der Waals surface area contributed by atoms with Crippen LogP contribution in [-0.2, 0) is 0 Å². The maximum absolute atomic E-state index is 4.21. The number of aliphatic imine (C=N–C) groups is 1. The van der Waals surface area contributed by atoms with E-state index in [4.69, 9.17) is 0 Å². The van der Waals surface area contributed by atoms with Crippen LogP contribution in [0.4, 0.5) is 0 Å². The molecule has 15 heavy (non-hydrogen) atoms. The van der Waals surface area contributed by atoms with E-state index < -0.39 is 0 Å². The lowest BCUT2D eigenvalue weighted by molar-refractivity contribution is 1.26. The molecule has 0 bridgehead atoms. The van der Waals surface area contributed by atoms with E-state index in [1.807, 2.05) is 39.0 Å². The van der Waals surface area contributed by atoms with Crippen molar-refractivity contribution in [2.24, 2.45) is 4.99 Å². The lowest BCUT2D eigenvalue weighted by Crippen LogP contribution is -1.88. The van der Waals surface area contributed by atoms with E-state index in [9.17, 15) is 0 Å². The van der Waals surface area contributed by atoms with E-state index in [1.165, 1.54) is 0 Å². The lowest BCUT2D eigenvalue weighted by atomic mass is 10.3. The van der Waals surface area contributed by atoms with Crippen molar-refractivity contribution in [2.75, 3.05) is 0 Å². The third kappa shape index (κ3) is 4.91. The van der Waals surface area contributed by atoms with E-state index in [0.717, 1.165) is 11.4 Å². The van der Waals surface area contributed by atoms with Crippen molar-refractivity contribution in [2.45, 2.75) is 20.8 Å². The predicted molar refractivity (Wildman–Crippen MR) is 67.9 cm³/mol. The third-order valence-electron chi connectivity index (χ3n) is 1.57. The van der Waals surface area contributed by atoms with Crippen LogP contribution in [0.25, 0.3) is 5.70 Å². The van der Waals surface area contributed by atoms with Crippen LogP contribution >= 0.6 is 0 Å². The summed E-state index contributed by atoms with van der Waals surface area (Å²) in [5, 5.41) is 0. The van der Waals surface area contributed by atoms with Crippen molar-refractivity contribution < 1.29 is 0 Å². The Bertz CT molecular complexity index is 337. The van der Waals surface area contributed by atoms with Crippen LogP contribution in [0.1, 0.15) is 26.5 Å². The highest BCUT2D eigenvalue weighted by molar-refractivity contribution is 5.95. The Balaban J connectivity index is 0.000000921. The zero-order valence-electron chi connectivity index (χ0n) is 9.70. The molecule has 1 heterocycles. The highest BCUT2D eigenvalue weighted by Crippen LogP contribution is 2.09. The van der Waals surface area contributed by atoms with E-state index >= 15 is 0 Å². The van der Waals surface area contributed by atoms with Gasteiger partial charge in [0, 0.05) is 11.9 Å². The molecule has 0 fully saturated rings. The molecule has 80 valence electrons. The largest absolute Gasteiger partial charge is 0.255 e. The standard InChI is InChI=1S/C11H12N2.C2H6/c1-4-9(2)13-10(3)11-7-5-6-8-12-11;1-2/h4-8H,1,3H2,2H3;1-2H3. The van der Waals surface area contributed by atoms with Gasteiger partial charge in [-0.05, 0) is 25.1 Å². The fourth-order valence-electron chi connectivity index (χ4n) is 0.849. The second-order valence-corrected chi connectivity index (χ2v) is 2.62. The monoisotopic (exact) mass is 202 g/mol. The quantitative estimate of drug-likeness (QED) is 0.686. The van der Waals surface area contributed by atoms with Crippen LogP contribution < -0.4 is 0 Å². The molecule has 2 nitrogen and oxygen atoms in total. The van der Waals surface area contributed by atoms with Gasteiger partial charge in [0.1, 0.15) is 0 Å². The molecule has 0 aliphatic rings. The maximum atomic E-state index is 4.21. The summed E-state index contributed by atoms with van der Waals surface area (Å²) in [6.07, 6.45) is 3.41. The van der Waals surface area contributed by atoms with Gasteiger partial charge < -0.3 is 0 Å². The molecule has 0 aliphatic heterocycles. The second kappa shape index (κ2) is 7.68. The number of pyridine rings is 1. The summed E-state index contributed by atoms with van der Waals surface area (Å²) in [4.78, 5) is 8.33. The molecule has 0 aliphatic carbocycles. The topological polar surface area (TPSA) is 25.2 Å². The molecule has 1 aromatic rings. The SMILES string of the molecule is C=CC(C)=NC(=C)c1ccccn1.CC. The first-order valence-corrected chi connectivity index (χ1v) is 5.02. The highest BCUT2D eigenvalue weighted by Gasteiger charge is 1.95. The predicted octanol–water partition coefficient (Wildman–Crippen LogP) is 3.73. The van der Waals surface area contributed by atoms with Crippen LogP contribution in [-0.4, -0.2) is 10.7 Å². The molecule has 0 saturated carbocycles. The van der Waals surface area contributed by atoms with Gasteiger partial charge in [0.25, 0.3) is 0 Å². The molecule has 0 radical (unpaired) electrons. The lowest BCUT2D eigenvalue weighted by Gasteiger charge is -1.98. The highest BCUT2D eigenvalue weighted by atomic mass is 14.8. The van der Waals surface area contributed by atoms with Crippen molar-refractivity contribution in [3.63, 3.8) is 0 Å². The summed E-state index contributed by atoms with van der Waals surface area (Å²) >= 11 is 0. The average molecular weight is 202 g/mol.